The Morgan fingerprint density at radius 1 is 1.00 bits per heavy atom. The summed E-state index contributed by atoms with van der Waals surface area (Å²) in [5.74, 6) is -0.539. The molecular weight excluding hydrogens is 564 g/mol. The van der Waals surface area contributed by atoms with E-state index in [0.717, 1.165) is 8.95 Å². The molecule has 0 saturated heterocycles. The van der Waals surface area contributed by atoms with Gasteiger partial charge in [-0.05, 0) is 24.3 Å². The number of esters is 1. The van der Waals surface area contributed by atoms with Crippen LogP contribution in [0.5, 0.6) is 0 Å². The number of aliphatic hydroxyl groups is 1. The molecule has 0 fully saturated rings. The number of ether oxygens (including phenoxy) is 1. The molecule has 0 heterocycles. The molecule has 0 aliphatic heterocycles. The smallest absolute Gasteiger partial charge is 1.00 e. The Labute approximate surface area is 214 Å². The summed E-state index contributed by atoms with van der Waals surface area (Å²) in [6.07, 6.45) is 0. The van der Waals surface area contributed by atoms with Crippen molar-refractivity contribution >= 4 is 92.6 Å². The van der Waals surface area contributed by atoms with E-state index in [1.165, 1.54) is 7.11 Å². The van der Waals surface area contributed by atoms with Gasteiger partial charge in [-0.3, -0.25) is 0 Å². The van der Waals surface area contributed by atoms with Gasteiger partial charge < -0.3 is 11.3 Å². The molecule has 0 atom stereocenters. The SMILES string of the molecule is COC(=O)c1c(Cl)cc(Br)cc1Cl.OCc1c(Cl)cc(Br)cc1Cl.[B].[H-].[Na+]. The fourth-order valence-electron chi connectivity index (χ4n) is 1.56. The van der Waals surface area contributed by atoms with E-state index in [-0.39, 0.29) is 61.6 Å². The Bertz CT molecular complexity index is 726. The van der Waals surface area contributed by atoms with E-state index >= 15 is 0 Å². The van der Waals surface area contributed by atoms with Crippen LogP contribution in [0.4, 0.5) is 0 Å². The van der Waals surface area contributed by atoms with Crippen LogP contribution in [-0.2, 0) is 11.3 Å². The second kappa shape index (κ2) is 14.1. The van der Waals surface area contributed by atoms with Gasteiger partial charge in [-0.25, -0.2) is 4.79 Å². The molecule has 0 unspecified atom stereocenters. The third-order valence-electron chi connectivity index (χ3n) is 2.66. The van der Waals surface area contributed by atoms with Gasteiger partial charge in [0, 0.05) is 33.0 Å². The standard InChI is InChI=1S/C8H5BrCl2O2.C7H5BrCl2O.B.Na.H/c1-13-8(12)7-5(10)2-4(9)3-6(7)11;8-4-1-6(9)5(3-11)7(10)2-4;;;/h2-3H,1H3;1-2,11H,3H2;;;/q;;;+1;-1. The van der Waals surface area contributed by atoms with Crippen molar-refractivity contribution < 1.29 is 45.6 Å². The van der Waals surface area contributed by atoms with Gasteiger partial charge in [0.2, 0.25) is 0 Å². The molecule has 0 bridgehead atoms. The first-order valence-electron chi connectivity index (χ1n) is 6.18. The Morgan fingerprint density at radius 2 is 1.35 bits per heavy atom. The molecule has 2 aromatic carbocycles. The van der Waals surface area contributed by atoms with E-state index in [1.807, 2.05) is 0 Å². The van der Waals surface area contributed by atoms with Gasteiger partial charge in [0.1, 0.15) is 0 Å². The van der Waals surface area contributed by atoms with Crippen molar-refractivity contribution in [3.8, 4) is 0 Å². The maximum absolute atomic E-state index is 11.2. The fraction of sp³-hybridized carbons (Fsp3) is 0.133. The summed E-state index contributed by atoms with van der Waals surface area (Å²) in [5, 5.41) is 10.3. The number of carbonyl (C=O) groups is 1. The summed E-state index contributed by atoms with van der Waals surface area (Å²) >= 11 is 29.5. The number of halogens is 6. The first-order valence-corrected chi connectivity index (χ1v) is 9.28. The first-order chi connectivity index (χ1) is 11.2. The third kappa shape index (κ3) is 8.60. The molecule has 135 valence electrons. The van der Waals surface area contributed by atoms with Gasteiger partial charge in [0.05, 0.1) is 29.3 Å². The van der Waals surface area contributed by atoms with E-state index in [2.05, 4.69) is 36.6 Å². The molecule has 26 heavy (non-hydrogen) atoms. The minimum atomic E-state index is -0.539. The number of benzene rings is 2. The quantitative estimate of drug-likeness (QED) is 0.441. The van der Waals surface area contributed by atoms with Crippen molar-refractivity contribution in [2.45, 2.75) is 6.61 Å². The minimum absolute atomic E-state index is 0. The van der Waals surface area contributed by atoms with Crippen molar-refractivity contribution in [3.05, 3.63) is 64.4 Å². The number of aliphatic hydroxyl groups excluding tert-OH is 1. The van der Waals surface area contributed by atoms with Crippen LogP contribution in [0.3, 0.4) is 0 Å². The van der Waals surface area contributed by atoms with Crippen LogP contribution in [0.25, 0.3) is 0 Å². The molecule has 0 saturated carbocycles. The van der Waals surface area contributed by atoms with Crippen LogP contribution < -0.4 is 29.6 Å². The zero-order chi connectivity index (χ0) is 18.4. The van der Waals surface area contributed by atoms with Crippen molar-refractivity contribution in [3.63, 3.8) is 0 Å². The second-order valence-corrected chi connectivity index (χ2v) is 7.70. The summed E-state index contributed by atoms with van der Waals surface area (Å²) in [6.45, 7) is -0.134. The molecular formula is C15H11BBr2Cl4NaO3. The van der Waals surface area contributed by atoms with E-state index in [9.17, 15) is 4.79 Å². The van der Waals surface area contributed by atoms with E-state index in [4.69, 9.17) is 51.5 Å². The Morgan fingerprint density at radius 3 is 1.65 bits per heavy atom. The number of hydrogen-bond acceptors (Lipinski definition) is 3. The maximum atomic E-state index is 11.2. The summed E-state index contributed by atoms with van der Waals surface area (Å²) in [6, 6.07) is 6.55. The predicted molar refractivity (Wildman–Crippen MR) is 112 cm³/mol. The topological polar surface area (TPSA) is 46.5 Å². The fourth-order valence-corrected chi connectivity index (χ4v) is 4.25. The Hall–Kier alpha value is 1.05. The second-order valence-electron chi connectivity index (χ2n) is 4.24. The van der Waals surface area contributed by atoms with E-state index < -0.39 is 5.97 Å². The third-order valence-corrected chi connectivity index (χ3v) is 4.85. The van der Waals surface area contributed by atoms with Crippen molar-refractivity contribution in [1.82, 2.24) is 0 Å². The molecule has 3 radical (unpaired) electrons. The summed E-state index contributed by atoms with van der Waals surface area (Å²) < 4.78 is 6.04. The molecule has 2 aromatic rings. The maximum Gasteiger partial charge on any atom is 1.00 e. The van der Waals surface area contributed by atoms with Gasteiger partial charge in [-0.1, -0.05) is 78.3 Å². The molecule has 0 spiro atoms. The molecule has 0 aliphatic rings. The van der Waals surface area contributed by atoms with Crippen molar-refractivity contribution in [2.24, 2.45) is 0 Å². The monoisotopic (exact) mass is 571 g/mol. The number of rotatable bonds is 2. The molecule has 2 rings (SSSR count). The average molecular weight is 575 g/mol. The van der Waals surface area contributed by atoms with Crippen molar-refractivity contribution in [2.75, 3.05) is 7.11 Å². The zero-order valence-electron chi connectivity index (χ0n) is 14.6. The average Bonchev–Trinajstić information content (AvgIpc) is 2.46. The van der Waals surface area contributed by atoms with Gasteiger partial charge >= 0.3 is 35.5 Å². The predicted octanol–water partition coefficient (Wildman–Crippen LogP) is 3.53. The van der Waals surface area contributed by atoms with Crippen LogP contribution in [0.2, 0.25) is 20.1 Å². The van der Waals surface area contributed by atoms with Gasteiger partial charge in [-0.2, -0.15) is 0 Å². The van der Waals surface area contributed by atoms with Crippen LogP contribution in [0.1, 0.15) is 17.3 Å². The summed E-state index contributed by atoms with van der Waals surface area (Å²) in [4.78, 5) is 11.2. The van der Waals surface area contributed by atoms with Gasteiger partial charge in [0.25, 0.3) is 0 Å². The first kappa shape index (κ1) is 29.3. The van der Waals surface area contributed by atoms with E-state index in [0.29, 0.717) is 15.6 Å². The van der Waals surface area contributed by atoms with Crippen molar-refractivity contribution in [1.29, 1.82) is 0 Å². The molecule has 0 aliphatic carbocycles. The number of methoxy groups -OCH3 is 1. The molecule has 3 nitrogen and oxygen atoms in total. The normalized spacial score (nSPS) is 9.23. The van der Waals surface area contributed by atoms with Crippen LogP contribution in [0.15, 0.2) is 33.2 Å². The summed E-state index contributed by atoms with van der Waals surface area (Å²) in [7, 11) is 1.27. The van der Waals surface area contributed by atoms with E-state index in [1.54, 1.807) is 24.3 Å². The van der Waals surface area contributed by atoms with Crippen LogP contribution >= 0.6 is 78.3 Å². The number of carbonyl (C=O) groups excluding carboxylic acids is 1. The minimum Gasteiger partial charge on any atom is -1.00 e. The summed E-state index contributed by atoms with van der Waals surface area (Å²) in [5.41, 5.74) is 0.755. The van der Waals surface area contributed by atoms with Gasteiger partial charge in [0.15, 0.2) is 0 Å². The van der Waals surface area contributed by atoms with Gasteiger partial charge in [-0.15, -0.1) is 0 Å². The Balaban J connectivity index is -0.000000388. The largest absolute Gasteiger partial charge is 1.00 e. The Kier molecular flexibility index (Phi) is 15.9. The molecule has 0 amide bonds. The number of hydrogen-bond donors (Lipinski definition) is 1. The molecule has 0 aromatic heterocycles. The molecule has 1 N–H and O–H groups in total. The van der Waals surface area contributed by atoms with Crippen LogP contribution in [-0.4, -0.2) is 26.6 Å². The zero-order valence-corrected chi connectivity index (χ0v) is 21.8. The van der Waals surface area contributed by atoms with Crippen LogP contribution in [0, 0.1) is 0 Å². The molecule has 11 heteroatoms.